The van der Waals surface area contributed by atoms with E-state index in [1.54, 1.807) is 0 Å². The second-order valence-corrected chi connectivity index (χ2v) is 14.1. The molecule has 54 heavy (non-hydrogen) atoms. The second kappa shape index (κ2) is 13.5. The van der Waals surface area contributed by atoms with Gasteiger partial charge < -0.3 is 0 Å². The molecular weight excluding hydrogens is 649 g/mol. The van der Waals surface area contributed by atoms with E-state index in [2.05, 4.69) is 218 Å². The van der Waals surface area contributed by atoms with Crippen LogP contribution in [0.25, 0.3) is 99.1 Å². The molecule has 10 rings (SSSR count). The van der Waals surface area contributed by atoms with E-state index in [-0.39, 0.29) is 0 Å². The quantitative estimate of drug-likeness (QED) is 0.153. The van der Waals surface area contributed by atoms with Gasteiger partial charge in [-0.1, -0.05) is 194 Å². The number of benzene rings is 10. The highest BCUT2D eigenvalue weighted by Crippen LogP contribution is 2.47. The number of hydrogen-bond acceptors (Lipinski definition) is 0. The van der Waals surface area contributed by atoms with Crippen LogP contribution < -0.4 is 0 Å². The maximum atomic E-state index is 2.42. The minimum Gasteiger partial charge on any atom is -0.0622 e. The lowest BCUT2D eigenvalue weighted by Crippen LogP contribution is -1.93. The van der Waals surface area contributed by atoms with Crippen molar-refractivity contribution in [2.45, 2.75) is 0 Å². The molecule has 0 atom stereocenters. The largest absolute Gasteiger partial charge is 0.0622 e. The van der Waals surface area contributed by atoms with Crippen molar-refractivity contribution in [2.24, 2.45) is 0 Å². The summed E-state index contributed by atoms with van der Waals surface area (Å²) in [6.07, 6.45) is 0. The Morgan fingerprint density at radius 3 is 1.17 bits per heavy atom. The number of rotatable bonds is 6. The fourth-order valence-corrected chi connectivity index (χ4v) is 8.26. The van der Waals surface area contributed by atoms with Gasteiger partial charge in [-0.2, -0.15) is 0 Å². The summed E-state index contributed by atoms with van der Waals surface area (Å²) in [6, 6.07) is 79.8. The predicted molar refractivity (Wildman–Crippen MR) is 232 cm³/mol. The minimum absolute atomic E-state index is 1.19. The van der Waals surface area contributed by atoms with Gasteiger partial charge in [-0.15, -0.1) is 0 Å². The second-order valence-electron chi connectivity index (χ2n) is 14.1. The van der Waals surface area contributed by atoms with Gasteiger partial charge in [0.1, 0.15) is 0 Å². The van der Waals surface area contributed by atoms with E-state index in [0.717, 1.165) is 0 Å². The smallest absolute Gasteiger partial charge is 0.00199 e. The van der Waals surface area contributed by atoms with Gasteiger partial charge in [0.15, 0.2) is 0 Å². The molecule has 0 aliphatic rings. The van der Waals surface area contributed by atoms with E-state index in [1.165, 1.54) is 99.1 Å². The monoisotopic (exact) mass is 684 g/mol. The Bertz CT molecular complexity index is 2910. The van der Waals surface area contributed by atoms with Gasteiger partial charge >= 0.3 is 0 Å². The first-order valence-electron chi connectivity index (χ1n) is 18.7. The summed E-state index contributed by atoms with van der Waals surface area (Å²) in [6.45, 7) is 0. The number of hydrogen-bond donors (Lipinski definition) is 0. The standard InChI is InChI=1S/C54H36/c1-3-16-38(17-4-1)47-32-31-46(44-24-14-22-42(35-44)41-21-13-23-43(34-41)45-30-29-37-15-7-8-20-40(37)33-45)36-52(47)54-50-27-11-9-25-48(50)53(39-18-5-2-6-19-39)49-26-10-12-28-51(49)54/h1-36H. The summed E-state index contributed by atoms with van der Waals surface area (Å²) in [7, 11) is 0. The van der Waals surface area contributed by atoms with Crippen LogP contribution in [0.4, 0.5) is 0 Å². The van der Waals surface area contributed by atoms with Gasteiger partial charge in [0.25, 0.3) is 0 Å². The van der Waals surface area contributed by atoms with Crippen molar-refractivity contribution in [2.75, 3.05) is 0 Å². The Balaban J connectivity index is 1.15. The van der Waals surface area contributed by atoms with Crippen molar-refractivity contribution in [1.82, 2.24) is 0 Å². The fraction of sp³-hybridized carbons (Fsp3) is 0. The summed E-state index contributed by atoms with van der Waals surface area (Å²) in [5.74, 6) is 0. The van der Waals surface area contributed by atoms with Crippen LogP contribution in [0.1, 0.15) is 0 Å². The summed E-state index contributed by atoms with van der Waals surface area (Å²) in [5, 5.41) is 7.54. The molecule has 0 aliphatic heterocycles. The molecule has 0 N–H and O–H groups in total. The molecule has 10 aromatic carbocycles. The fourth-order valence-electron chi connectivity index (χ4n) is 8.26. The zero-order valence-electron chi connectivity index (χ0n) is 29.8. The first-order chi connectivity index (χ1) is 26.8. The molecule has 0 spiro atoms. The third-order valence-corrected chi connectivity index (χ3v) is 10.8. The van der Waals surface area contributed by atoms with Crippen molar-refractivity contribution in [1.29, 1.82) is 0 Å². The van der Waals surface area contributed by atoms with Crippen LogP contribution in [0.15, 0.2) is 218 Å². The lowest BCUT2D eigenvalue weighted by Gasteiger charge is -2.20. The van der Waals surface area contributed by atoms with Crippen LogP contribution >= 0.6 is 0 Å². The van der Waals surface area contributed by atoms with Gasteiger partial charge in [-0.25, -0.2) is 0 Å². The van der Waals surface area contributed by atoms with E-state index in [0.29, 0.717) is 0 Å². The van der Waals surface area contributed by atoms with Crippen molar-refractivity contribution in [3.8, 4) is 66.8 Å². The highest BCUT2D eigenvalue weighted by molar-refractivity contribution is 6.22. The van der Waals surface area contributed by atoms with Gasteiger partial charge in [0, 0.05) is 0 Å². The van der Waals surface area contributed by atoms with Crippen LogP contribution in [0.5, 0.6) is 0 Å². The van der Waals surface area contributed by atoms with Crippen molar-refractivity contribution >= 4 is 32.3 Å². The third kappa shape index (κ3) is 5.66. The molecule has 0 heterocycles. The Kier molecular flexibility index (Phi) is 7.93. The van der Waals surface area contributed by atoms with Gasteiger partial charge in [-0.05, 0) is 123 Å². The highest BCUT2D eigenvalue weighted by atomic mass is 14.2. The summed E-state index contributed by atoms with van der Waals surface area (Å²) in [5.41, 5.74) is 14.7. The first-order valence-corrected chi connectivity index (χ1v) is 18.7. The molecule has 0 bridgehead atoms. The van der Waals surface area contributed by atoms with Gasteiger partial charge in [0.2, 0.25) is 0 Å². The minimum atomic E-state index is 1.19. The number of fused-ring (bicyclic) bond motifs is 3. The third-order valence-electron chi connectivity index (χ3n) is 10.8. The van der Waals surface area contributed by atoms with Crippen LogP contribution in [-0.2, 0) is 0 Å². The Morgan fingerprint density at radius 1 is 0.185 bits per heavy atom. The molecule has 10 aromatic rings. The van der Waals surface area contributed by atoms with Crippen LogP contribution in [-0.4, -0.2) is 0 Å². The van der Waals surface area contributed by atoms with Crippen LogP contribution in [0.3, 0.4) is 0 Å². The van der Waals surface area contributed by atoms with Gasteiger partial charge in [0.05, 0.1) is 0 Å². The van der Waals surface area contributed by atoms with Crippen molar-refractivity contribution in [3.05, 3.63) is 218 Å². The van der Waals surface area contributed by atoms with E-state index >= 15 is 0 Å². The molecule has 0 nitrogen and oxygen atoms in total. The van der Waals surface area contributed by atoms with Crippen LogP contribution in [0, 0.1) is 0 Å². The van der Waals surface area contributed by atoms with E-state index < -0.39 is 0 Å². The Morgan fingerprint density at radius 2 is 0.593 bits per heavy atom. The lowest BCUT2D eigenvalue weighted by atomic mass is 9.83. The molecule has 0 aliphatic carbocycles. The van der Waals surface area contributed by atoms with E-state index in [1.807, 2.05) is 0 Å². The van der Waals surface area contributed by atoms with Gasteiger partial charge in [-0.3, -0.25) is 0 Å². The topological polar surface area (TPSA) is 0 Å². The molecule has 0 saturated heterocycles. The molecular formula is C54H36. The molecule has 0 aromatic heterocycles. The predicted octanol–water partition coefficient (Wildman–Crippen LogP) is 15.1. The summed E-state index contributed by atoms with van der Waals surface area (Å²) >= 11 is 0. The van der Waals surface area contributed by atoms with E-state index in [9.17, 15) is 0 Å². The zero-order valence-corrected chi connectivity index (χ0v) is 29.8. The van der Waals surface area contributed by atoms with Crippen LogP contribution in [0.2, 0.25) is 0 Å². The summed E-state index contributed by atoms with van der Waals surface area (Å²) < 4.78 is 0. The van der Waals surface area contributed by atoms with Crippen molar-refractivity contribution in [3.63, 3.8) is 0 Å². The molecule has 0 heteroatoms. The highest BCUT2D eigenvalue weighted by Gasteiger charge is 2.19. The first kappa shape index (κ1) is 31.7. The molecule has 0 unspecified atom stereocenters. The maximum Gasteiger partial charge on any atom is -0.00199 e. The normalized spacial score (nSPS) is 11.3. The molecule has 0 saturated carbocycles. The molecule has 0 fully saturated rings. The Labute approximate surface area is 316 Å². The Hall–Kier alpha value is -7.02. The molecule has 0 amide bonds. The van der Waals surface area contributed by atoms with Crippen molar-refractivity contribution < 1.29 is 0 Å². The molecule has 0 radical (unpaired) electrons. The maximum absolute atomic E-state index is 2.42. The van der Waals surface area contributed by atoms with E-state index in [4.69, 9.17) is 0 Å². The average Bonchev–Trinajstić information content (AvgIpc) is 3.26. The summed E-state index contributed by atoms with van der Waals surface area (Å²) in [4.78, 5) is 0. The lowest BCUT2D eigenvalue weighted by molar-refractivity contribution is 1.56. The average molecular weight is 685 g/mol. The SMILES string of the molecule is c1ccc(-c2ccc(-c3cccc(-c4cccc(-c5ccc6ccccc6c5)c4)c3)cc2-c2c3ccccc3c(-c3ccccc3)c3ccccc23)cc1. The molecule has 252 valence electrons. The zero-order chi connectivity index (χ0) is 35.8.